The van der Waals surface area contributed by atoms with Crippen LogP contribution in [0.3, 0.4) is 0 Å². The summed E-state index contributed by atoms with van der Waals surface area (Å²) < 4.78 is 3.05. The molecule has 4 rings (SSSR count). The predicted octanol–water partition coefficient (Wildman–Crippen LogP) is 4.76. The largest absolute Gasteiger partial charge is 0.348 e. The second-order valence-electron chi connectivity index (χ2n) is 7.02. The average molecular weight is 437 g/mol. The van der Waals surface area contributed by atoms with Gasteiger partial charge in [0, 0.05) is 34.9 Å². The van der Waals surface area contributed by atoms with Crippen LogP contribution in [0.5, 0.6) is 0 Å². The minimum atomic E-state index is -0.0570. The third kappa shape index (κ3) is 4.63. The number of carbonyl (C=O) groups excluding carboxylic acids is 1. The van der Waals surface area contributed by atoms with Crippen LogP contribution in [-0.2, 0) is 12.3 Å². The van der Waals surface area contributed by atoms with E-state index >= 15 is 0 Å². The van der Waals surface area contributed by atoms with Gasteiger partial charge in [0.15, 0.2) is 0 Å². The van der Waals surface area contributed by atoms with Gasteiger partial charge in [0.05, 0.1) is 17.9 Å². The molecule has 1 aliphatic heterocycles. The number of rotatable bonds is 6. The van der Waals surface area contributed by atoms with E-state index in [4.69, 9.17) is 0 Å². The van der Waals surface area contributed by atoms with Crippen molar-refractivity contribution in [3.63, 3.8) is 0 Å². The van der Waals surface area contributed by atoms with Crippen molar-refractivity contribution in [2.75, 3.05) is 12.3 Å². The molecule has 2 aromatic carbocycles. The second-order valence-corrected chi connectivity index (χ2v) is 9.33. The summed E-state index contributed by atoms with van der Waals surface area (Å²) in [5.41, 5.74) is 5.79. The lowest BCUT2D eigenvalue weighted by atomic mass is 10.1. The van der Waals surface area contributed by atoms with Crippen molar-refractivity contribution < 1.29 is 4.79 Å². The molecule has 2 heterocycles. The Labute approximate surface area is 185 Å². The van der Waals surface area contributed by atoms with Crippen molar-refractivity contribution in [1.29, 1.82) is 0 Å². The Hall–Kier alpha value is -2.51. The predicted molar refractivity (Wildman–Crippen MR) is 127 cm³/mol. The Morgan fingerprint density at radius 1 is 1.13 bits per heavy atom. The highest BCUT2D eigenvalue weighted by atomic mass is 32.2. The molecule has 0 saturated heterocycles. The van der Waals surface area contributed by atoms with Crippen LogP contribution < -0.4 is 5.32 Å². The van der Waals surface area contributed by atoms with E-state index in [0.717, 1.165) is 56.2 Å². The van der Waals surface area contributed by atoms with E-state index in [9.17, 15) is 4.79 Å². The Morgan fingerprint density at radius 2 is 1.90 bits per heavy atom. The number of aryl methyl sites for hydroxylation is 1. The van der Waals surface area contributed by atoms with Crippen LogP contribution in [0.4, 0.5) is 0 Å². The van der Waals surface area contributed by atoms with E-state index in [0.29, 0.717) is 6.54 Å². The van der Waals surface area contributed by atoms with Crippen LogP contribution in [0.1, 0.15) is 32.9 Å². The number of carbonyl (C=O) groups is 1. The number of hydrogen-bond acceptors (Lipinski definition) is 5. The summed E-state index contributed by atoms with van der Waals surface area (Å²) in [6, 6.07) is 17.8. The molecular weight excluding hydrogens is 412 g/mol. The number of thioether (sulfide) groups is 2. The maximum Gasteiger partial charge on any atom is 0.251 e. The SMILES string of the molecule is Cc1nn(-c2ccccc2)c(C)c1CNC(=O)c1ccccc1CSC1=NCCS1. The molecule has 0 spiro atoms. The van der Waals surface area contributed by atoms with Crippen molar-refractivity contribution >= 4 is 33.8 Å². The van der Waals surface area contributed by atoms with Gasteiger partial charge in [-0.25, -0.2) is 4.68 Å². The molecule has 5 nitrogen and oxygen atoms in total. The van der Waals surface area contributed by atoms with Crippen LogP contribution in [0.15, 0.2) is 59.6 Å². The van der Waals surface area contributed by atoms with Gasteiger partial charge >= 0.3 is 0 Å². The molecule has 7 heteroatoms. The van der Waals surface area contributed by atoms with E-state index in [1.54, 1.807) is 23.5 Å². The number of aliphatic imine (C=N–C) groups is 1. The molecule has 0 bridgehead atoms. The van der Waals surface area contributed by atoms with Gasteiger partial charge < -0.3 is 5.32 Å². The van der Waals surface area contributed by atoms with E-state index in [1.807, 2.05) is 73.1 Å². The number of amides is 1. The summed E-state index contributed by atoms with van der Waals surface area (Å²) in [7, 11) is 0. The molecule has 0 unspecified atom stereocenters. The molecule has 0 atom stereocenters. The summed E-state index contributed by atoms with van der Waals surface area (Å²) in [6.45, 7) is 5.37. The second kappa shape index (κ2) is 9.53. The van der Waals surface area contributed by atoms with Crippen molar-refractivity contribution in [2.24, 2.45) is 4.99 Å². The molecule has 0 fully saturated rings. The molecule has 1 aliphatic rings. The zero-order valence-corrected chi connectivity index (χ0v) is 18.7. The molecule has 154 valence electrons. The zero-order valence-electron chi connectivity index (χ0n) is 17.1. The topological polar surface area (TPSA) is 59.3 Å². The lowest BCUT2D eigenvalue weighted by molar-refractivity contribution is 0.0950. The summed E-state index contributed by atoms with van der Waals surface area (Å²) in [5.74, 6) is 1.75. The number of nitrogens with zero attached hydrogens (tertiary/aromatic N) is 3. The molecule has 0 radical (unpaired) electrons. The maximum absolute atomic E-state index is 13.0. The summed E-state index contributed by atoms with van der Waals surface area (Å²) in [4.78, 5) is 17.4. The molecule has 3 aromatic rings. The zero-order chi connectivity index (χ0) is 20.9. The van der Waals surface area contributed by atoms with Gasteiger partial charge in [0.2, 0.25) is 0 Å². The quantitative estimate of drug-likeness (QED) is 0.606. The van der Waals surface area contributed by atoms with Crippen molar-refractivity contribution in [1.82, 2.24) is 15.1 Å². The van der Waals surface area contributed by atoms with Crippen LogP contribution in [0.2, 0.25) is 0 Å². The molecule has 1 N–H and O–H groups in total. The van der Waals surface area contributed by atoms with Crippen LogP contribution >= 0.6 is 23.5 Å². The molecule has 30 heavy (non-hydrogen) atoms. The van der Waals surface area contributed by atoms with Crippen LogP contribution in [-0.4, -0.2) is 32.4 Å². The maximum atomic E-state index is 13.0. The van der Waals surface area contributed by atoms with E-state index < -0.39 is 0 Å². The standard InChI is InChI=1S/C23H24N4OS2/c1-16-21(17(2)27(26-16)19-9-4-3-5-10-19)14-25-22(28)20-11-7-6-8-18(20)15-30-23-24-12-13-29-23/h3-11H,12-15H2,1-2H3,(H,25,28). The highest BCUT2D eigenvalue weighted by Gasteiger charge is 2.16. The number of hydrogen-bond donors (Lipinski definition) is 1. The number of para-hydroxylation sites is 1. The fourth-order valence-corrected chi connectivity index (χ4v) is 5.44. The summed E-state index contributed by atoms with van der Waals surface area (Å²) in [5, 5.41) is 7.76. The lowest BCUT2D eigenvalue weighted by Crippen LogP contribution is -2.24. The van der Waals surface area contributed by atoms with Crippen molar-refractivity contribution in [3.05, 3.63) is 82.7 Å². The van der Waals surface area contributed by atoms with Gasteiger partial charge in [-0.1, -0.05) is 59.9 Å². The first-order valence-electron chi connectivity index (χ1n) is 9.90. The van der Waals surface area contributed by atoms with E-state index in [1.165, 1.54) is 0 Å². The first-order valence-corrected chi connectivity index (χ1v) is 11.9. The highest BCUT2D eigenvalue weighted by molar-refractivity contribution is 8.38. The van der Waals surface area contributed by atoms with Crippen LogP contribution in [0, 0.1) is 13.8 Å². The van der Waals surface area contributed by atoms with Gasteiger partial charge in [0.25, 0.3) is 5.91 Å². The number of aromatic nitrogens is 2. The van der Waals surface area contributed by atoms with Crippen molar-refractivity contribution in [3.8, 4) is 5.69 Å². The lowest BCUT2D eigenvalue weighted by Gasteiger charge is -2.11. The minimum absolute atomic E-state index is 0.0570. The molecule has 0 aliphatic carbocycles. The van der Waals surface area contributed by atoms with E-state index in [-0.39, 0.29) is 5.91 Å². The molecule has 0 saturated carbocycles. The van der Waals surface area contributed by atoms with Gasteiger partial charge in [-0.3, -0.25) is 9.79 Å². The minimum Gasteiger partial charge on any atom is -0.348 e. The van der Waals surface area contributed by atoms with Gasteiger partial charge in [-0.15, -0.1) is 0 Å². The van der Waals surface area contributed by atoms with Crippen molar-refractivity contribution in [2.45, 2.75) is 26.1 Å². The first kappa shape index (κ1) is 20.8. The molecule has 1 amide bonds. The Bertz CT molecular complexity index is 1080. The smallest absolute Gasteiger partial charge is 0.251 e. The Kier molecular flexibility index (Phi) is 6.59. The van der Waals surface area contributed by atoms with Gasteiger partial charge in [-0.2, -0.15) is 5.10 Å². The van der Waals surface area contributed by atoms with Gasteiger partial charge in [0.1, 0.15) is 4.38 Å². The molecular formula is C23H24N4OS2. The normalized spacial score (nSPS) is 13.3. The number of benzene rings is 2. The average Bonchev–Trinajstić information content (AvgIpc) is 3.39. The summed E-state index contributed by atoms with van der Waals surface area (Å²) >= 11 is 3.50. The highest BCUT2D eigenvalue weighted by Crippen LogP contribution is 2.26. The Balaban J connectivity index is 1.46. The fourth-order valence-electron chi connectivity index (χ4n) is 3.43. The van der Waals surface area contributed by atoms with E-state index in [2.05, 4.69) is 15.4 Å². The van der Waals surface area contributed by atoms with Crippen LogP contribution in [0.25, 0.3) is 5.69 Å². The molecule has 1 aromatic heterocycles. The Morgan fingerprint density at radius 3 is 2.67 bits per heavy atom. The third-order valence-electron chi connectivity index (χ3n) is 5.04. The first-order chi connectivity index (χ1) is 14.6. The van der Waals surface area contributed by atoms with Gasteiger partial charge in [-0.05, 0) is 37.6 Å². The number of nitrogens with one attached hydrogen (secondary N) is 1. The summed E-state index contributed by atoms with van der Waals surface area (Å²) in [6.07, 6.45) is 0. The fraction of sp³-hybridized carbons (Fsp3) is 0.261. The monoisotopic (exact) mass is 436 g/mol. The third-order valence-corrected chi connectivity index (χ3v) is 7.34.